The maximum atomic E-state index is 14.9. The topological polar surface area (TPSA) is 118 Å². The highest BCUT2D eigenvalue weighted by Crippen LogP contribution is 2.48. The number of hydrogen-bond acceptors (Lipinski definition) is 7. The van der Waals surface area contributed by atoms with Gasteiger partial charge in [0, 0.05) is 29.5 Å². The van der Waals surface area contributed by atoms with Gasteiger partial charge in [0.2, 0.25) is 5.91 Å². The highest BCUT2D eigenvalue weighted by molar-refractivity contribution is 8.03. The molecule has 4 N–H and O–H groups in total. The van der Waals surface area contributed by atoms with Crippen LogP contribution in [0.25, 0.3) is 0 Å². The number of nitrogens with two attached hydrogens (primary N) is 1. The van der Waals surface area contributed by atoms with E-state index < -0.39 is 17.3 Å². The van der Waals surface area contributed by atoms with E-state index in [2.05, 4.69) is 10.3 Å². The number of aliphatic hydroxyl groups is 1. The van der Waals surface area contributed by atoms with Crippen molar-refractivity contribution in [1.82, 2.24) is 9.88 Å². The highest BCUT2D eigenvalue weighted by atomic mass is 32.2. The number of ether oxygens (including phenoxy) is 1. The smallest absolute Gasteiger partial charge is 0.272 e. The minimum atomic E-state index is -1.17. The van der Waals surface area contributed by atoms with Crippen LogP contribution in [0.5, 0.6) is 0 Å². The maximum absolute atomic E-state index is 14.9. The van der Waals surface area contributed by atoms with Gasteiger partial charge in [-0.05, 0) is 51.0 Å². The Morgan fingerprint density at radius 1 is 1.31 bits per heavy atom. The first-order valence-electron chi connectivity index (χ1n) is 11.4. The van der Waals surface area contributed by atoms with E-state index in [4.69, 9.17) is 10.5 Å². The Kier molecular flexibility index (Phi) is 7.16. The first-order valence-corrected chi connectivity index (χ1v) is 12.3. The first kappa shape index (κ1) is 25.2. The number of anilines is 1. The summed E-state index contributed by atoms with van der Waals surface area (Å²) in [4.78, 5) is 31.2. The summed E-state index contributed by atoms with van der Waals surface area (Å²) in [7, 11) is 0. The fourth-order valence-corrected chi connectivity index (χ4v) is 5.44. The average Bonchev–Trinajstić information content (AvgIpc) is 3.22. The molecule has 2 aromatic rings. The Morgan fingerprint density at radius 2 is 2.09 bits per heavy atom. The molecular weight excluding hydrogens is 471 g/mol. The molecule has 8 nitrogen and oxygen atoms in total. The lowest BCUT2D eigenvalue weighted by molar-refractivity contribution is -0.114. The van der Waals surface area contributed by atoms with Gasteiger partial charge >= 0.3 is 0 Å². The molecule has 2 aliphatic heterocycles. The summed E-state index contributed by atoms with van der Waals surface area (Å²) in [6, 6.07) is 9.66. The molecule has 1 unspecified atom stereocenters. The summed E-state index contributed by atoms with van der Waals surface area (Å²) in [6.07, 6.45) is 0.202. The Bertz CT molecular complexity index is 1180. The molecule has 1 saturated heterocycles. The number of carbonyl (C=O) groups is 2. The van der Waals surface area contributed by atoms with Gasteiger partial charge in [0.05, 0.1) is 23.3 Å². The number of carbonyl (C=O) groups excluding carboxylic acids is 2. The quantitative estimate of drug-likeness (QED) is 0.557. The van der Waals surface area contributed by atoms with Gasteiger partial charge in [0.1, 0.15) is 17.3 Å². The van der Waals surface area contributed by atoms with Crippen molar-refractivity contribution in [1.29, 1.82) is 0 Å². The third-order valence-electron chi connectivity index (χ3n) is 6.01. The van der Waals surface area contributed by atoms with Crippen LogP contribution < -0.4 is 11.1 Å². The van der Waals surface area contributed by atoms with E-state index in [1.54, 1.807) is 49.1 Å². The number of rotatable bonds is 6. The molecule has 4 rings (SSSR count). The zero-order valence-electron chi connectivity index (χ0n) is 19.9. The number of halogens is 1. The Balaban J connectivity index is 1.53. The number of pyridine rings is 1. The van der Waals surface area contributed by atoms with Gasteiger partial charge < -0.3 is 25.8 Å². The summed E-state index contributed by atoms with van der Waals surface area (Å²) in [6.45, 7) is 6.56. The Labute approximate surface area is 207 Å². The molecular formula is C25H29FN4O4S. The summed E-state index contributed by atoms with van der Waals surface area (Å²) in [5.74, 6) is -0.876. The number of primary amides is 1. The van der Waals surface area contributed by atoms with Crippen LogP contribution in [0.4, 0.5) is 10.2 Å². The normalized spacial score (nSPS) is 20.8. The van der Waals surface area contributed by atoms with Crippen molar-refractivity contribution in [2.75, 3.05) is 25.0 Å². The van der Waals surface area contributed by atoms with Gasteiger partial charge in [-0.3, -0.25) is 9.59 Å². The second-order valence-electron chi connectivity index (χ2n) is 9.24. The number of thioether (sulfide) groups is 1. The molecule has 35 heavy (non-hydrogen) atoms. The zero-order chi connectivity index (χ0) is 25.3. The molecule has 1 aromatic carbocycles. The van der Waals surface area contributed by atoms with Gasteiger partial charge in [0.15, 0.2) is 0 Å². The zero-order valence-corrected chi connectivity index (χ0v) is 20.7. The van der Waals surface area contributed by atoms with Crippen LogP contribution in [0.2, 0.25) is 0 Å². The molecule has 3 heterocycles. The Hall–Kier alpha value is -2.95. The fraction of sp³-hybridized carbons (Fsp3) is 0.400. The summed E-state index contributed by atoms with van der Waals surface area (Å²) < 4.78 is 20.4. The van der Waals surface area contributed by atoms with Crippen molar-refractivity contribution in [3.05, 3.63) is 69.6 Å². The summed E-state index contributed by atoms with van der Waals surface area (Å²) in [5, 5.41) is 13.4. The van der Waals surface area contributed by atoms with Crippen LogP contribution >= 0.6 is 11.8 Å². The first-order chi connectivity index (χ1) is 16.5. The van der Waals surface area contributed by atoms with Crippen molar-refractivity contribution < 1.29 is 23.8 Å². The molecule has 1 fully saturated rings. The van der Waals surface area contributed by atoms with Crippen molar-refractivity contribution >= 4 is 29.4 Å². The van der Waals surface area contributed by atoms with E-state index in [0.29, 0.717) is 47.2 Å². The number of nitrogens with one attached hydrogen (secondary N) is 1. The molecule has 10 heteroatoms. The van der Waals surface area contributed by atoms with Crippen LogP contribution in [-0.4, -0.2) is 52.6 Å². The number of morpholine rings is 1. The molecule has 0 aliphatic carbocycles. The Morgan fingerprint density at radius 3 is 2.74 bits per heavy atom. The number of amides is 2. The average molecular weight is 501 g/mol. The van der Waals surface area contributed by atoms with Gasteiger partial charge in [-0.1, -0.05) is 30.0 Å². The van der Waals surface area contributed by atoms with Crippen LogP contribution in [0.3, 0.4) is 0 Å². The van der Waals surface area contributed by atoms with Crippen LogP contribution in [0.1, 0.15) is 54.1 Å². The molecule has 0 spiro atoms. The van der Waals surface area contributed by atoms with E-state index in [0.717, 1.165) is 0 Å². The summed E-state index contributed by atoms with van der Waals surface area (Å²) >= 11 is 1.28. The van der Waals surface area contributed by atoms with Crippen LogP contribution in [0.15, 0.2) is 47.0 Å². The van der Waals surface area contributed by atoms with Crippen molar-refractivity contribution in [3.8, 4) is 0 Å². The highest BCUT2D eigenvalue weighted by Gasteiger charge is 2.32. The van der Waals surface area contributed by atoms with E-state index in [9.17, 15) is 19.1 Å². The standard InChI is InChI=1S/C25H29FN4O4S/c1-14-13-30(9-10-34-14)24(32)19-5-4-6-21(28-19)29-23-17(22(27)31)12-20(35-23)16-8-7-15(11-18(16)26)25(2,3)33/h4-8,11,14,20,33H,9-10,12-13H2,1-3H3,(H2,27,31)(H,28,29)/t14-,20?/m1/s1. The second kappa shape index (κ2) is 9.96. The minimum Gasteiger partial charge on any atom is -0.386 e. The predicted molar refractivity (Wildman–Crippen MR) is 132 cm³/mol. The lowest BCUT2D eigenvalue weighted by atomic mass is 9.95. The SMILES string of the molecule is C[C@@H]1CN(C(=O)c2cccc(NC3=C(C(N)=O)CC(c4ccc(C(C)(C)O)cc4F)S3)n2)CCO1. The number of hydrogen-bond donors (Lipinski definition) is 3. The molecule has 2 amide bonds. The lowest BCUT2D eigenvalue weighted by Gasteiger charge is -2.30. The number of nitrogens with zero attached hydrogens (tertiary/aromatic N) is 2. The molecule has 2 atom stereocenters. The molecule has 186 valence electrons. The van der Waals surface area contributed by atoms with E-state index >= 15 is 0 Å². The van der Waals surface area contributed by atoms with E-state index in [-0.39, 0.29) is 29.4 Å². The fourth-order valence-electron chi connectivity index (χ4n) is 4.10. The van der Waals surface area contributed by atoms with Gasteiger partial charge in [0.25, 0.3) is 5.91 Å². The number of aromatic nitrogens is 1. The third-order valence-corrected chi connectivity index (χ3v) is 7.30. The van der Waals surface area contributed by atoms with Gasteiger partial charge in [-0.15, -0.1) is 0 Å². The molecule has 2 aliphatic rings. The molecule has 0 bridgehead atoms. The van der Waals surface area contributed by atoms with E-state index in [1.807, 2.05) is 6.92 Å². The lowest BCUT2D eigenvalue weighted by Crippen LogP contribution is -2.44. The minimum absolute atomic E-state index is 0.0398. The largest absolute Gasteiger partial charge is 0.386 e. The van der Waals surface area contributed by atoms with Crippen molar-refractivity contribution in [3.63, 3.8) is 0 Å². The van der Waals surface area contributed by atoms with Crippen LogP contribution in [-0.2, 0) is 15.1 Å². The maximum Gasteiger partial charge on any atom is 0.272 e. The van der Waals surface area contributed by atoms with Crippen LogP contribution in [0, 0.1) is 5.82 Å². The summed E-state index contributed by atoms with van der Waals surface area (Å²) in [5.41, 5.74) is 5.94. The van der Waals surface area contributed by atoms with Gasteiger partial charge in [-0.25, -0.2) is 9.37 Å². The third kappa shape index (κ3) is 5.66. The van der Waals surface area contributed by atoms with Crippen molar-refractivity contribution in [2.45, 2.75) is 44.1 Å². The van der Waals surface area contributed by atoms with Gasteiger partial charge in [-0.2, -0.15) is 0 Å². The predicted octanol–water partition coefficient (Wildman–Crippen LogP) is 3.30. The second-order valence-corrected chi connectivity index (χ2v) is 10.5. The molecule has 0 saturated carbocycles. The van der Waals surface area contributed by atoms with E-state index in [1.165, 1.54) is 17.8 Å². The van der Waals surface area contributed by atoms with Crippen molar-refractivity contribution in [2.24, 2.45) is 5.73 Å². The number of benzene rings is 1. The monoisotopic (exact) mass is 500 g/mol. The molecule has 0 radical (unpaired) electrons. The molecule has 1 aromatic heterocycles.